The van der Waals surface area contributed by atoms with Gasteiger partial charge in [-0.1, -0.05) is 65.1 Å². The van der Waals surface area contributed by atoms with E-state index in [1.807, 2.05) is 12.1 Å². The Morgan fingerprint density at radius 3 is 2.28 bits per heavy atom. The van der Waals surface area contributed by atoms with Crippen LogP contribution in [-0.2, 0) is 9.59 Å². The van der Waals surface area contributed by atoms with E-state index in [-0.39, 0.29) is 16.3 Å². The zero-order chi connectivity index (χ0) is 25.7. The second-order valence-electron chi connectivity index (χ2n) is 7.37. The summed E-state index contributed by atoms with van der Waals surface area (Å²) in [6.07, 6.45) is 1.29. The van der Waals surface area contributed by atoms with Gasteiger partial charge in [-0.25, -0.2) is 10.2 Å². The number of nitrogens with zero attached hydrogens (tertiary/aromatic N) is 1. The Morgan fingerprint density at radius 2 is 1.53 bits per heavy atom. The normalized spacial score (nSPS) is 10.9. The Kier molecular flexibility index (Phi) is 7.85. The molecule has 4 rings (SSSR count). The van der Waals surface area contributed by atoms with E-state index in [4.69, 9.17) is 39.5 Å². The maximum Gasteiger partial charge on any atom is 0.345 e. The summed E-state index contributed by atoms with van der Waals surface area (Å²) in [6, 6.07) is 21.4. The van der Waals surface area contributed by atoms with E-state index in [2.05, 4.69) is 15.8 Å². The molecular weight excluding hydrogens is 525 g/mol. The van der Waals surface area contributed by atoms with Crippen LogP contribution in [0.15, 0.2) is 84.0 Å². The number of carbonyl (C=O) groups is 3. The lowest BCUT2D eigenvalue weighted by Gasteiger charge is -2.11. The second-order valence-corrected chi connectivity index (χ2v) is 8.65. The van der Waals surface area contributed by atoms with Crippen molar-refractivity contribution in [3.8, 4) is 5.75 Å². The number of nitrogens with one attached hydrogen (secondary N) is 2. The summed E-state index contributed by atoms with van der Waals surface area (Å²) in [6.45, 7) is 0. The SMILES string of the molecule is O=C(N/N=C/c1c(OC(=O)c2ccc(Cl)cc2Cl)ccc2ccccc12)C(=O)Nc1ccc(Cl)cc1. The minimum Gasteiger partial charge on any atom is -0.422 e. The summed E-state index contributed by atoms with van der Waals surface area (Å²) in [5, 5.41) is 8.89. The van der Waals surface area contributed by atoms with E-state index in [1.54, 1.807) is 48.5 Å². The van der Waals surface area contributed by atoms with E-state index in [9.17, 15) is 14.4 Å². The van der Waals surface area contributed by atoms with Gasteiger partial charge < -0.3 is 10.1 Å². The molecule has 0 spiro atoms. The van der Waals surface area contributed by atoms with Gasteiger partial charge in [0.25, 0.3) is 0 Å². The van der Waals surface area contributed by atoms with Crippen molar-refractivity contribution in [1.82, 2.24) is 5.43 Å². The zero-order valence-corrected chi connectivity index (χ0v) is 20.6. The van der Waals surface area contributed by atoms with Crippen LogP contribution in [0, 0.1) is 0 Å². The summed E-state index contributed by atoms with van der Waals surface area (Å²) in [5.74, 6) is -2.44. The van der Waals surface area contributed by atoms with Crippen LogP contribution in [0.4, 0.5) is 5.69 Å². The van der Waals surface area contributed by atoms with Crippen LogP contribution >= 0.6 is 34.8 Å². The quantitative estimate of drug-likeness (QED) is 0.105. The van der Waals surface area contributed by atoms with Crippen molar-refractivity contribution in [1.29, 1.82) is 0 Å². The van der Waals surface area contributed by atoms with Crippen LogP contribution in [0.2, 0.25) is 15.1 Å². The molecule has 36 heavy (non-hydrogen) atoms. The van der Waals surface area contributed by atoms with Gasteiger partial charge in [-0.2, -0.15) is 5.10 Å². The molecule has 0 unspecified atom stereocenters. The van der Waals surface area contributed by atoms with Crippen molar-refractivity contribution in [2.24, 2.45) is 5.10 Å². The minimum atomic E-state index is -0.993. The monoisotopic (exact) mass is 539 g/mol. The first-order valence-corrected chi connectivity index (χ1v) is 11.5. The number of amides is 2. The van der Waals surface area contributed by atoms with Crippen molar-refractivity contribution in [2.45, 2.75) is 0 Å². The highest BCUT2D eigenvalue weighted by molar-refractivity contribution is 6.39. The van der Waals surface area contributed by atoms with Gasteiger partial charge >= 0.3 is 17.8 Å². The third-order valence-electron chi connectivity index (χ3n) is 4.95. The van der Waals surface area contributed by atoms with Gasteiger partial charge in [0.05, 0.1) is 16.8 Å². The number of carbonyl (C=O) groups excluding carboxylic acids is 3. The summed E-state index contributed by atoms with van der Waals surface area (Å²) < 4.78 is 5.59. The summed E-state index contributed by atoms with van der Waals surface area (Å²) in [5.41, 5.74) is 3.10. The topological polar surface area (TPSA) is 96.9 Å². The average molecular weight is 541 g/mol. The summed E-state index contributed by atoms with van der Waals surface area (Å²) in [4.78, 5) is 37.1. The molecule has 2 N–H and O–H groups in total. The fourth-order valence-corrected chi connectivity index (χ4v) is 3.85. The van der Waals surface area contributed by atoms with Gasteiger partial charge in [0.1, 0.15) is 5.75 Å². The molecule has 0 radical (unpaired) electrons. The number of esters is 1. The first-order chi connectivity index (χ1) is 17.3. The molecule has 0 aliphatic rings. The Hall–Kier alpha value is -3.91. The van der Waals surface area contributed by atoms with Gasteiger partial charge in [-0.05, 0) is 59.3 Å². The average Bonchev–Trinajstić information content (AvgIpc) is 2.86. The molecule has 4 aromatic rings. The van der Waals surface area contributed by atoms with Crippen molar-refractivity contribution in [2.75, 3.05) is 5.32 Å². The Bertz CT molecular complexity index is 1500. The highest BCUT2D eigenvalue weighted by Gasteiger charge is 2.17. The van der Waals surface area contributed by atoms with Crippen LogP contribution in [0.3, 0.4) is 0 Å². The molecule has 0 saturated heterocycles. The van der Waals surface area contributed by atoms with Crippen LogP contribution in [-0.4, -0.2) is 24.0 Å². The van der Waals surface area contributed by atoms with Gasteiger partial charge in [0.2, 0.25) is 0 Å². The molecule has 0 aromatic heterocycles. The number of ether oxygens (including phenoxy) is 1. The number of fused-ring (bicyclic) bond motifs is 1. The molecule has 7 nitrogen and oxygen atoms in total. The van der Waals surface area contributed by atoms with Crippen molar-refractivity contribution < 1.29 is 19.1 Å². The highest BCUT2D eigenvalue weighted by atomic mass is 35.5. The van der Waals surface area contributed by atoms with Crippen LogP contribution < -0.4 is 15.5 Å². The van der Waals surface area contributed by atoms with Crippen LogP contribution in [0.1, 0.15) is 15.9 Å². The predicted molar refractivity (Wildman–Crippen MR) is 141 cm³/mol. The van der Waals surface area contributed by atoms with Gasteiger partial charge in [0.15, 0.2) is 0 Å². The van der Waals surface area contributed by atoms with E-state index in [1.165, 1.54) is 24.4 Å². The van der Waals surface area contributed by atoms with Gasteiger partial charge in [0, 0.05) is 21.3 Å². The second kappa shape index (κ2) is 11.2. The lowest BCUT2D eigenvalue weighted by Crippen LogP contribution is -2.32. The standard InChI is InChI=1S/C26H16Cl3N3O4/c27-16-6-9-18(10-7-16)31-24(33)25(34)32-30-14-21-19-4-2-1-3-15(19)5-12-23(21)36-26(35)20-11-8-17(28)13-22(20)29/h1-14H,(H,31,33)(H,32,34)/b30-14+. The Balaban J connectivity index is 1.55. The summed E-state index contributed by atoms with van der Waals surface area (Å²) >= 11 is 17.9. The first-order valence-electron chi connectivity index (χ1n) is 10.4. The number of anilines is 1. The third-order valence-corrected chi connectivity index (χ3v) is 5.75. The molecular formula is C26H16Cl3N3O4. The maximum absolute atomic E-state index is 12.8. The van der Waals surface area contributed by atoms with E-state index in [0.717, 1.165) is 5.39 Å². The number of hydrogen-bond acceptors (Lipinski definition) is 5. The Morgan fingerprint density at radius 1 is 0.806 bits per heavy atom. The van der Waals surface area contributed by atoms with Crippen LogP contribution in [0.25, 0.3) is 10.8 Å². The molecule has 0 aliphatic heterocycles. The zero-order valence-electron chi connectivity index (χ0n) is 18.3. The molecule has 0 bridgehead atoms. The number of hydrogen-bond donors (Lipinski definition) is 2. The minimum absolute atomic E-state index is 0.129. The summed E-state index contributed by atoms with van der Waals surface area (Å²) in [7, 11) is 0. The lowest BCUT2D eigenvalue weighted by molar-refractivity contribution is -0.136. The molecule has 180 valence electrons. The van der Waals surface area contributed by atoms with E-state index < -0.39 is 17.8 Å². The molecule has 0 fully saturated rings. The largest absolute Gasteiger partial charge is 0.422 e. The number of halogens is 3. The highest BCUT2D eigenvalue weighted by Crippen LogP contribution is 2.29. The number of benzene rings is 4. The molecule has 4 aromatic carbocycles. The number of rotatable bonds is 5. The lowest BCUT2D eigenvalue weighted by atomic mass is 10.0. The maximum atomic E-state index is 12.8. The first kappa shape index (κ1) is 25.2. The van der Waals surface area contributed by atoms with Crippen LogP contribution in [0.5, 0.6) is 5.75 Å². The molecule has 0 atom stereocenters. The molecule has 0 aliphatic carbocycles. The van der Waals surface area contributed by atoms with Crippen molar-refractivity contribution in [3.63, 3.8) is 0 Å². The predicted octanol–water partition coefficient (Wildman–Crippen LogP) is 6.11. The third kappa shape index (κ3) is 6.01. The molecule has 0 saturated carbocycles. The fraction of sp³-hybridized carbons (Fsp3) is 0. The number of hydrazone groups is 1. The molecule has 2 amide bonds. The van der Waals surface area contributed by atoms with E-state index in [0.29, 0.717) is 26.7 Å². The molecule has 0 heterocycles. The van der Waals surface area contributed by atoms with Crippen molar-refractivity contribution >= 4 is 75.3 Å². The van der Waals surface area contributed by atoms with Gasteiger partial charge in [-0.3, -0.25) is 9.59 Å². The fourth-order valence-electron chi connectivity index (χ4n) is 3.23. The van der Waals surface area contributed by atoms with Crippen molar-refractivity contribution in [3.05, 3.63) is 105 Å². The van der Waals surface area contributed by atoms with E-state index >= 15 is 0 Å². The smallest absolute Gasteiger partial charge is 0.345 e. The van der Waals surface area contributed by atoms with Gasteiger partial charge in [-0.15, -0.1) is 0 Å². The molecule has 10 heteroatoms. The Labute approximate surface area is 220 Å².